The zero-order chi connectivity index (χ0) is 18.7. The molecule has 0 bridgehead atoms. The predicted molar refractivity (Wildman–Crippen MR) is 106 cm³/mol. The van der Waals surface area contributed by atoms with Crippen LogP contribution in [0.1, 0.15) is 41.4 Å². The molecule has 0 radical (unpaired) electrons. The number of aldehydes is 1. The van der Waals surface area contributed by atoms with Crippen molar-refractivity contribution in [2.75, 3.05) is 13.6 Å². The number of halogens is 1. The van der Waals surface area contributed by atoms with E-state index in [0.717, 1.165) is 47.4 Å². The summed E-state index contributed by atoms with van der Waals surface area (Å²) in [6.45, 7) is 2.81. The van der Waals surface area contributed by atoms with E-state index in [0.29, 0.717) is 0 Å². The average molecular weight is 372 g/mol. The molecule has 1 fully saturated rings. The first kappa shape index (κ1) is 18.9. The van der Waals surface area contributed by atoms with Crippen LogP contribution >= 0.6 is 11.6 Å². The highest BCUT2D eigenvalue weighted by Gasteiger charge is 2.41. The Bertz CT molecular complexity index is 759. The fourth-order valence-corrected chi connectivity index (χ4v) is 4.85. The predicted octanol–water partition coefficient (Wildman–Crippen LogP) is 4.67. The van der Waals surface area contributed by atoms with Gasteiger partial charge in [-0.15, -0.1) is 0 Å². The van der Waals surface area contributed by atoms with Gasteiger partial charge in [-0.25, -0.2) is 0 Å². The summed E-state index contributed by atoms with van der Waals surface area (Å²) in [7, 11) is 1.93. The lowest BCUT2D eigenvalue weighted by Gasteiger charge is -2.42. The van der Waals surface area contributed by atoms with Gasteiger partial charge in [0, 0.05) is 10.9 Å². The van der Waals surface area contributed by atoms with Crippen molar-refractivity contribution in [3.05, 3.63) is 64.2 Å². The second-order valence-corrected chi connectivity index (χ2v) is 7.75. The van der Waals surface area contributed by atoms with Crippen LogP contribution in [0.5, 0.6) is 5.75 Å². The zero-order valence-electron chi connectivity index (χ0n) is 15.3. The third kappa shape index (κ3) is 3.79. The molecule has 0 aliphatic heterocycles. The molecular weight excluding hydrogens is 346 g/mol. The summed E-state index contributed by atoms with van der Waals surface area (Å²) in [5, 5.41) is 13.8. The molecular formula is C22H26ClNO2. The van der Waals surface area contributed by atoms with Crippen molar-refractivity contribution in [1.82, 2.24) is 5.32 Å². The number of nitrogens with one attached hydrogen (secondary N) is 1. The number of hydrogen-bond donors (Lipinski definition) is 2. The molecule has 1 aliphatic carbocycles. The standard InChI is InChI=1S/C22H26ClNO2/c1-14-3-9-18(21(23)11-14)19-10-6-16(13-25)20(12-24-2)22(19)15-4-7-17(26)8-5-15/h3-5,7-9,11,13,16,19-20,22,24,26H,6,10,12H2,1-2H3. The molecule has 4 unspecified atom stereocenters. The van der Waals surface area contributed by atoms with E-state index in [1.807, 2.05) is 32.2 Å². The summed E-state index contributed by atoms with van der Waals surface area (Å²) in [4.78, 5) is 11.7. The largest absolute Gasteiger partial charge is 0.508 e. The van der Waals surface area contributed by atoms with E-state index in [-0.39, 0.29) is 29.4 Å². The summed E-state index contributed by atoms with van der Waals surface area (Å²) in [5.74, 6) is 0.904. The van der Waals surface area contributed by atoms with E-state index in [1.54, 1.807) is 12.1 Å². The molecule has 26 heavy (non-hydrogen) atoms. The van der Waals surface area contributed by atoms with Gasteiger partial charge in [0.2, 0.25) is 0 Å². The molecule has 0 spiro atoms. The van der Waals surface area contributed by atoms with Crippen LogP contribution in [0.3, 0.4) is 0 Å². The van der Waals surface area contributed by atoms with Crippen LogP contribution in [-0.4, -0.2) is 25.0 Å². The summed E-state index contributed by atoms with van der Waals surface area (Å²) >= 11 is 6.61. The number of carbonyl (C=O) groups excluding carboxylic acids is 1. The Labute approximate surface area is 160 Å². The van der Waals surface area contributed by atoms with Crippen molar-refractivity contribution in [3.63, 3.8) is 0 Å². The first-order valence-corrected chi connectivity index (χ1v) is 9.57. The Morgan fingerprint density at radius 1 is 1.19 bits per heavy atom. The highest BCUT2D eigenvalue weighted by atomic mass is 35.5. The summed E-state index contributed by atoms with van der Waals surface area (Å²) < 4.78 is 0. The molecule has 0 amide bonds. The molecule has 2 aromatic rings. The summed E-state index contributed by atoms with van der Waals surface area (Å²) in [6.07, 6.45) is 2.92. The second kappa shape index (κ2) is 8.24. The number of phenolic OH excluding ortho intramolecular Hbond substituents is 1. The maximum absolute atomic E-state index is 11.7. The molecule has 0 saturated heterocycles. The van der Waals surface area contributed by atoms with Crippen molar-refractivity contribution in [2.45, 2.75) is 31.6 Å². The van der Waals surface area contributed by atoms with Gasteiger partial charge < -0.3 is 15.2 Å². The molecule has 1 saturated carbocycles. The van der Waals surface area contributed by atoms with Gasteiger partial charge in [0.1, 0.15) is 12.0 Å². The third-order valence-electron chi connectivity index (χ3n) is 5.70. The minimum absolute atomic E-state index is 0.0294. The maximum atomic E-state index is 11.7. The molecule has 2 aromatic carbocycles. The quantitative estimate of drug-likeness (QED) is 0.751. The second-order valence-electron chi connectivity index (χ2n) is 7.35. The minimum atomic E-state index is 0.0294. The van der Waals surface area contributed by atoms with E-state index in [2.05, 4.69) is 17.4 Å². The maximum Gasteiger partial charge on any atom is 0.123 e. The van der Waals surface area contributed by atoms with Gasteiger partial charge in [0.05, 0.1) is 0 Å². The van der Waals surface area contributed by atoms with Crippen molar-refractivity contribution < 1.29 is 9.90 Å². The third-order valence-corrected chi connectivity index (χ3v) is 6.03. The monoisotopic (exact) mass is 371 g/mol. The highest BCUT2D eigenvalue weighted by molar-refractivity contribution is 6.31. The topological polar surface area (TPSA) is 49.3 Å². The first-order valence-electron chi connectivity index (χ1n) is 9.20. The van der Waals surface area contributed by atoms with E-state index in [1.165, 1.54) is 0 Å². The van der Waals surface area contributed by atoms with Gasteiger partial charge in [0.15, 0.2) is 0 Å². The van der Waals surface area contributed by atoms with Crippen LogP contribution in [0.4, 0.5) is 0 Å². The number of phenols is 1. The van der Waals surface area contributed by atoms with Crippen molar-refractivity contribution in [2.24, 2.45) is 11.8 Å². The van der Waals surface area contributed by atoms with E-state index in [4.69, 9.17) is 11.6 Å². The first-order chi connectivity index (χ1) is 12.5. The number of rotatable bonds is 5. The van der Waals surface area contributed by atoms with E-state index in [9.17, 15) is 9.90 Å². The SMILES string of the molecule is CNCC1C(C=O)CCC(c2ccc(C)cc2Cl)C1c1ccc(O)cc1. The van der Waals surface area contributed by atoms with Gasteiger partial charge in [-0.05, 0) is 86.0 Å². The van der Waals surface area contributed by atoms with Crippen LogP contribution in [0, 0.1) is 18.8 Å². The van der Waals surface area contributed by atoms with Gasteiger partial charge in [-0.3, -0.25) is 0 Å². The lowest BCUT2D eigenvalue weighted by atomic mass is 9.62. The summed E-state index contributed by atoms with van der Waals surface area (Å²) in [5.41, 5.74) is 3.45. The van der Waals surface area contributed by atoms with Crippen molar-refractivity contribution >= 4 is 17.9 Å². The number of aryl methyl sites for hydroxylation is 1. The number of hydrogen-bond acceptors (Lipinski definition) is 3. The van der Waals surface area contributed by atoms with Gasteiger partial charge in [-0.2, -0.15) is 0 Å². The molecule has 3 rings (SSSR count). The van der Waals surface area contributed by atoms with Crippen LogP contribution in [0.15, 0.2) is 42.5 Å². The van der Waals surface area contributed by atoms with Gasteiger partial charge >= 0.3 is 0 Å². The molecule has 0 aromatic heterocycles. The molecule has 1 aliphatic rings. The van der Waals surface area contributed by atoms with Gasteiger partial charge in [-0.1, -0.05) is 35.9 Å². The average Bonchev–Trinajstić information content (AvgIpc) is 2.63. The Hall–Kier alpha value is -1.84. The Balaban J connectivity index is 2.08. The normalized spacial score (nSPS) is 25.8. The van der Waals surface area contributed by atoms with E-state index < -0.39 is 0 Å². The number of carbonyl (C=O) groups is 1. The lowest BCUT2D eigenvalue weighted by Crippen LogP contribution is -2.38. The van der Waals surface area contributed by atoms with Crippen LogP contribution in [0.25, 0.3) is 0 Å². The summed E-state index contributed by atoms with van der Waals surface area (Å²) in [6, 6.07) is 13.7. The van der Waals surface area contributed by atoms with E-state index >= 15 is 0 Å². The number of aromatic hydroxyl groups is 1. The number of benzene rings is 2. The molecule has 4 atom stereocenters. The molecule has 2 N–H and O–H groups in total. The Kier molecular flexibility index (Phi) is 6.00. The highest BCUT2D eigenvalue weighted by Crippen LogP contribution is 2.50. The minimum Gasteiger partial charge on any atom is -0.508 e. The lowest BCUT2D eigenvalue weighted by molar-refractivity contribution is -0.113. The van der Waals surface area contributed by atoms with Crippen molar-refractivity contribution in [1.29, 1.82) is 0 Å². The van der Waals surface area contributed by atoms with Gasteiger partial charge in [0.25, 0.3) is 0 Å². The molecule has 0 heterocycles. The van der Waals surface area contributed by atoms with Crippen LogP contribution in [0.2, 0.25) is 5.02 Å². The molecule has 4 heteroatoms. The molecule has 138 valence electrons. The van der Waals surface area contributed by atoms with Crippen LogP contribution < -0.4 is 5.32 Å². The smallest absolute Gasteiger partial charge is 0.123 e. The Morgan fingerprint density at radius 2 is 1.92 bits per heavy atom. The Morgan fingerprint density at radius 3 is 2.54 bits per heavy atom. The zero-order valence-corrected chi connectivity index (χ0v) is 16.0. The molecule has 3 nitrogen and oxygen atoms in total. The van der Waals surface area contributed by atoms with Crippen LogP contribution in [-0.2, 0) is 4.79 Å². The fraction of sp³-hybridized carbons (Fsp3) is 0.409. The van der Waals surface area contributed by atoms with Crippen molar-refractivity contribution in [3.8, 4) is 5.75 Å². The fourth-order valence-electron chi connectivity index (χ4n) is 4.47.